The normalized spacial score (nSPS) is 9.81. The summed E-state index contributed by atoms with van der Waals surface area (Å²) in [6, 6.07) is 7.60. The number of carbonyl (C=O) groups is 1. The number of para-hydroxylation sites is 2. The predicted octanol–water partition coefficient (Wildman–Crippen LogP) is 2.72. The second kappa shape index (κ2) is 9.99. The number of benzene rings is 1. The van der Waals surface area contributed by atoms with Gasteiger partial charge >= 0.3 is 5.97 Å². The first-order chi connectivity index (χ1) is 10.2. The number of carbonyl (C=O) groups excluding carboxylic acids is 1. The van der Waals surface area contributed by atoms with E-state index in [1.807, 2.05) is 24.3 Å². The lowest BCUT2D eigenvalue weighted by molar-refractivity contribution is -0.140. The monoisotopic (exact) mass is 310 g/mol. The molecule has 1 rings (SSSR count). The van der Waals surface area contributed by atoms with Crippen molar-refractivity contribution in [3.05, 3.63) is 24.3 Å². The van der Waals surface area contributed by atoms with E-state index in [2.05, 4.69) is 15.4 Å². The second-order valence-electron chi connectivity index (χ2n) is 4.47. The molecule has 0 spiro atoms. The zero-order valence-corrected chi connectivity index (χ0v) is 13.3. The minimum atomic E-state index is -0.156. The minimum absolute atomic E-state index is 0.156. The van der Waals surface area contributed by atoms with E-state index in [4.69, 9.17) is 17.0 Å². The maximum Gasteiger partial charge on any atom is 0.305 e. The van der Waals surface area contributed by atoms with Crippen LogP contribution in [0.15, 0.2) is 24.3 Å². The van der Waals surface area contributed by atoms with Crippen molar-refractivity contribution in [1.29, 1.82) is 0 Å². The Morgan fingerprint density at radius 1 is 1.19 bits per heavy atom. The van der Waals surface area contributed by atoms with Crippen molar-refractivity contribution >= 4 is 29.0 Å². The van der Waals surface area contributed by atoms with Gasteiger partial charge in [-0.1, -0.05) is 18.6 Å². The van der Waals surface area contributed by atoms with E-state index in [0.717, 1.165) is 37.2 Å². The fraction of sp³-hybridized carbons (Fsp3) is 0.467. The molecular weight excluding hydrogens is 288 g/mol. The summed E-state index contributed by atoms with van der Waals surface area (Å²) < 4.78 is 9.83. The maximum atomic E-state index is 10.9. The van der Waals surface area contributed by atoms with Gasteiger partial charge in [0.2, 0.25) is 0 Å². The number of ether oxygens (including phenoxy) is 2. The van der Waals surface area contributed by atoms with Crippen LogP contribution in [-0.2, 0) is 9.53 Å². The summed E-state index contributed by atoms with van der Waals surface area (Å²) in [6.07, 6.45) is 3.21. The highest BCUT2D eigenvalue weighted by atomic mass is 32.1. The molecule has 0 radical (unpaired) electrons. The molecule has 0 aromatic heterocycles. The van der Waals surface area contributed by atoms with Gasteiger partial charge in [0.15, 0.2) is 5.11 Å². The Kier molecular flexibility index (Phi) is 8.19. The number of methoxy groups -OCH3 is 2. The average Bonchev–Trinajstić information content (AvgIpc) is 2.50. The SMILES string of the molecule is COC(=O)CCCCCNC(=S)Nc1ccccc1OC. The van der Waals surface area contributed by atoms with Gasteiger partial charge < -0.3 is 20.1 Å². The van der Waals surface area contributed by atoms with Crippen LogP contribution in [0.1, 0.15) is 25.7 Å². The van der Waals surface area contributed by atoms with Crippen molar-refractivity contribution in [3.8, 4) is 5.75 Å². The number of nitrogens with one attached hydrogen (secondary N) is 2. The first-order valence-corrected chi connectivity index (χ1v) is 7.33. The highest BCUT2D eigenvalue weighted by Crippen LogP contribution is 2.22. The molecule has 116 valence electrons. The number of rotatable bonds is 8. The predicted molar refractivity (Wildman–Crippen MR) is 87.7 cm³/mol. The zero-order valence-electron chi connectivity index (χ0n) is 12.5. The summed E-state index contributed by atoms with van der Waals surface area (Å²) in [5.41, 5.74) is 0.836. The Morgan fingerprint density at radius 2 is 1.95 bits per heavy atom. The molecular formula is C15H22N2O3S. The molecule has 2 N–H and O–H groups in total. The number of esters is 1. The highest BCUT2D eigenvalue weighted by molar-refractivity contribution is 7.80. The van der Waals surface area contributed by atoms with E-state index in [1.54, 1.807) is 7.11 Å². The van der Waals surface area contributed by atoms with Crippen molar-refractivity contribution in [2.45, 2.75) is 25.7 Å². The molecule has 0 bridgehead atoms. The third-order valence-corrected chi connectivity index (χ3v) is 3.17. The van der Waals surface area contributed by atoms with Gasteiger partial charge in [-0.15, -0.1) is 0 Å². The molecule has 0 aliphatic carbocycles. The molecule has 0 fully saturated rings. The zero-order chi connectivity index (χ0) is 15.5. The average molecular weight is 310 g/mol. The van der Waals surface area contributed by atoms with Gasteiger partial charge in [-0.2, -0.15) is 0 Å². The summed E-state index contributed by atoms with van der Waals surface area (Å²) >= 11 is 5.23. The molecule has 0 atom stereocenters. The van der Waals surface area contributed by atoms with Crippen LogP contribution in [0.25, 0.3) is 0 Å². The third kappa shape index (κ3) is 6.94. The summed E-state index contributed by atoms with van der Waals surface area (Å²) in [6.45, 7) is 0.766. The van der Waals surface area contributed by atoms with E-state index in [-0.39, 0.29) is 5.97 Å². The van der Waals surface area contributed by atoms with E-state index < -0.39 is 0 Å². The summed E-state index contributed by atoms with van der Waals surface area (Å²) in [5.74, 6) is 0.594. The number of hydrogen-bond acceptors (Lipinski definition) is 4. The fourth-order valence-electron chi connectivity index (χ4n) is 1.79. The van der Waals surface area contributed by atoms with Crippen LogP contribution < -0.4 is 15.4 Å². The van der Waals surface area contributed by atoms with Crippen molar-refractivity contribution < 1.29 is 14.3 Å². The lowest BCUT2D eigenvalue weighted by atomic mass is 10.2. The molecule has 5 nitrogen and oxygen atoms in total. The molecule has 0 saturated carbocycles. The van der Waals surface area contributed by atoms with Gasteiger partial charge in [-0.3, -0.25) is 4.79 Å². The van der Waals surface area contributed by atoms with Crippen LogP contribution in [0.4, 0.5) is 5.69 Å². The molecule has 6 heteroatoms. The quantitative estimate of drug-likeness (QED) is 0.437. The molecule has 1 aromatic rings. The van der Waals surface area contributed by atoms with Gasteiger partial charge in [0, 0.05) is 13.0 Å². The first kappa shape index (κ1) is 17.2. The number of anilines is 1. The van der Waals surface area contributed by atoms with Crippen LogP contribution in [0, 0.1) is 0 Å². The molecule has 0 heterocycles. The van der Waals surface area contributed by atoms with Crippen LogP contribution in [0.2, 0.25) is 0 Å². The van der Waals surface area contributed by atoms with Crippen LogP contribution in [-0.4, -0.2) is 31.8 Å². The topological polar surface area (TPSA) is 59.6 Å². The lowest BCUT2D eigenvalue weighted by Crippen LogP contribution is -2.29. The van der Waals surface area contributed by atoms with Gasteiger partial charge in [-0.05, 0) is 37.2 Å². The minimum Gasteiger partial charge on any atom is -0.495 e. The Balaban J connectivity index is 2.18. The smallest absolute Gasteiger partial charge is 0.305 e. The molecule has 0 aliphatic heterocycles. The second-order valence-corrected chi connectivity index (χ2v) is 4.88. The van der Waals surface area contributed by atoms with Crippen molar-refractivity contribution in [3.63, 3.8) is 0 Å². The van der Waals surface area contributed by atoms with Crippen molar-refractivity contribution in [2.75, 3.05) is 26.1 Å². The molecule has 0 unspecified atom stereocenters. The van der Waals surface area contributed by atoms with E-state index in [1.165, 1.54) is 7.11 Å². The third-order valence-electron chi connectivity index (χ3n) is 2.93. The van der Waals surface area contributed by atoms with Gasteiger partial charge in [0.05, 0.1) is 19.9 Å². The molecule has 21 heavy (non-hydrogen) atoms. The number of hydrogen-bond donors (Lipinski definition) is 2. The van der Waals surface area contributed by atoms with Gasteiger partial charge in [0.1, 0.15) is 5.75 Å². The largest absolute Gasteiger partial charge is 0.495 e. The summed E-state index contributed by atoms with van der Waals surface area (Å²) in [7, 11) is 3.03. The van der Waals surface area contributed by atoms with E-state index in [9.17, 15) is 4.79 Å². The van der Waals surface area contributed by atoms with Gasteiger partial charge in [-0.25, -0.2) is 0 Å². The van der Waals surface area contributed by atoms with Crippen LogP contribution in [0.3, 0.4) is 0 Å². The van der Waals surface area contributed by atoms with Crippen molar-refractivity contribution in [2.24, 2.45) is 0 Å². The summed E-state index contributed by atoms with van der Waals surface area (Å²) in [5, 5.41) is 6.80. The standard InChI is InChI=1S/C15H22N2O3S/c1-19-13-9-6-5-8-12(13)17-15(21)16-11-7-3-4-10-14(18)20-2/h5-6,8-9H,3-4,7,10-11H2,1-2H3,(H2,16,17,21). The Labute approximate surface area is 131 Å². The number of thiocarbonyl (C=S) groups is 1. The van der Waals surface area contributed by atoms with E-state index in [0.29, 0.717) is 11.5 Å². The lowest BCUT2D eigenvalue weighted by Gasteiger charge is -2.13. The van der Waals surface area contributed by atoms with Crippen LogP contribution in [0.5, 0.6) is 5.75 Å². The Morgan fingerprint density at radius 3 is 2.67 bits per heavy atom. The Hall–Kier alpha value is -1.82. The van der Waals surface area contributed by atoms with Crippen molar-refractivity contribution in [1.82, 2.24) is 5.32 Å². The Bertz CT molecular complexity index is 466. The molecule has 0 saturated heterocycles. The molecule has 1 aromatic carbocycles. The molecule has 0 aliphatic rings. The highest BCUT2D eigenvalue weighted by Gasteiger charge is 2.03. The van der Waals surface area contributed by atoms with Crippen LogP contribution >= 0.6 is 12.2 Å². The van der Waals surface area contributed by atoms with Gasteiger partial charge in [0.25, 0.3) is 0 Å². The summed E-state index contributed by atoms with van der Waals surface area (Å²) in [4.78, 5) is 10.9. The molecule has 0 amide bonds. The first-order valence-electron chi connectivity index (χ1n) is 6.92. The fourth-order valence-corrected chi connectivity index (χ4v) is 2.00. The number of unbranched alkanes of at least 4 members (excludes halogenated alkanes) is 2. The maximum absolute atomic E-state index is 10.9. The van der Waals surface area contributed by atoms with E-state index >= 15 is 0 Å².